The highest BCUT2D eigenvalue weighted by atomic mass is 79.9. The van der Waals surface area contributed by atoms with Crippen molar-refractivity contribution in [2.24, 2.45) is 0 Å². The van der Waals surface area contributed by atoms with E-state index in [0.29, 0.717) is 6.61 Å². The van der Waals surface area contributed by atoms with Gasteiger partial charge in [-0.25, -0.2) is 0 Å². The van der Waals surface area contributed by atoms with E-state index in [1.165, 1.54) is 5.56 Å². The van der Waals surface area contributed by atoms with Crippen molar-refractivity contribution in [3.63, 3.8) is 0 Å². The molecule has 0 aliphatic heterocycles. The van der Waals surface area contributed by atoms with E-state index in [-0.39, 0.29) is 0 Å². The number of rotatable bonds is 3. The zero-order valence-electron chi connectivity index (χ0n) is 9.11. The molecule has 0 bridgehead atoms. The van der Waals surface area contributed by atoms with Crippen LogP contribution in [0, 0.1) is 0 Å². The highest BCUT2D eigenvalue weighted by Gasteiger charge is 2.04. The molecule has 0 unspecified atom stereocenters. The average molecular weight is 277 g/mol. The summed E-state index contributed by atoms with van der Waals surface area (Å²) < 4.78 is 6.70. The first-order chi connectivity index (χ1) is 7.81. The summed E-state index contributed by atoms with van der Waals surface area (Å²) in [6.07, 6.45) is 0. The Morgan fingerprint density at radius 1 is 1.06 bits per heavy atom. The van der Waals surface area contributed by atoms with Gasteiger partial charge >= 0.3 is 0 Å². The van der Waals surface area contributed by atoms with E-state index in [9.17, 15) is 0 Å². The van der Waals surface area contributed by atoms with Crippen LogP contribution in [-0.2, 0) is 0 Å². The molecule has 2 aromatic rings. The van der Waals surface area contributed by atoms with Gasteiger partial charge in [0.05, 0.1) is 6.61 Å². The summed E-state index contributed by atoms with van der Waals surface area (Å²) in [5, 5.41) is 0. The highest BCUT2D eigenvalue weighted by Crippen LogP contribution is 2.31. The van der Waals surface area contributed by atoms with Crippen LogP contribution in [0.25, 0.3) is 11.1 Å². The van der Waals surface area contributed by atoms with Gasteiger partial charge in [-0.2, -0.15) is 0 Å². The van der Waals surface area contributed by atoms with E-state index in [0.717, 1.165) is 15.8 Å². The molecule has 2 rings (SSSR count). The van der Waals surface area contributed by atoms with Gasteiger partial charge in [0, 0.05) is 10.0 Å². The number of ether oxygens (including phenoxy) is 1. The fourth-order valence-electron chi connectivity index (χ4n) is 1.64. The Morgan fingerprint density at radius 3 is 2.62 bits per heavy atom. The van der Waals surface area contributed by atoms with Crippen molar-refractivity contribution in [2.75, 3.05) is 6.61 Å². The largest absolute Gasteiger partial charge is 0.493 e. The summed E-state index contributed by atoms with van der Waals surface area (Å²) in [4.78, 5) is 0. The second kappa shape index (κ2) is 5.17. The molecule has 1 nitrogen and oxygen atoms in total. The molecule has 16 heavy (non-hydrogen) atoms. The van der Waals surface area contributed by atoms with Gasteiger partial charge in [0.15, 0.2) is 0 Å². The van der Waals surface area contributed by atoms with Crippen molar-refractivity contribution in [2.45, 2.75) is 6.92 Å². The Kier molecular flexibility index (Phi) is 3.62. The van der Waals surface area contributed by atoms with Crippen LogP contribution in [0.2, 0.25) is 0 Å². The van der Waals surface area contributed by atoms with Crippen LogP contribution in [0.15, 0.2) is 53.0 Å². The second-order valence-corrected chi connectivity index (χ2v) is 4.36. The molecule has 0 saturated carbocycles. The molecule has 0 amide bonds. The second-order valence-electron chi connectivity index (χ2n) is 3.44. The van der Waals surface area contributed by atoms with Gasteiger partial charge in [0.2, 0.25) is 0 Å². The maximum Gasteiger partial charge on any atom is 0.127 e. The minimum Gasteiger partial charge on any atom is -0.493 e. The van der Waals surface area contributed by atoms with Crippen molar-refractivity contribution in [1.29, 1.82) is 0 Å². The van der Waals surface area contributed by atoms with Crippen molar-refractivity contribution >= 4 is 15.9 Å². The topological polar surface area (TPSA) is 9.23 Å². The van der Waals surface area contributed by atoms with E-state index < -0.39 is 0 Å². The van der Waals surface area contributed by atoms with Crippen LogP contribution in [0.3, 0.4) is 0 Å². The normalized spacial score (nSPS) is 10.1. The van der Waals surface area contributed by atoms with E-state index >= 15 is 0 Å². The molecule has 0 heterocycles. The molecular formula is C14H13BrO. The van der Waals surface area contributed by atoms with E-state index in [4.69, 9.17) is 4.74 Å². The van der Waals surface area contributed by atoms with Crippen molar-refractivity contribution in [3.05, 3.63) is 53.0 Å². The fourth-order valence-corrected chi connectivity index (χ4v) is 2.04. The zero-order chi connectivity index (χ0) is 11.4. The van der Waals surface area contributed by atoms with E-state index in [1.54, 1.807) is 0 Å². The van der Waals surface area contributed by atoms with Gasteiger partial charge < -0.3 is 4.74 Å². The third kappa shape index (κ3) is 2.45. The van der Waals surface area contributed by atoms with Crippen LogP contribution >= 0.6 is 15.9 Å². The van der Waals surface area contributed by atoms with Gasteiger partial charge in [-0.3, -0.25) is 0 Å². The summed E-state index contributed by atoms with van der Waals surface area (Å²) in [6, 6.07) is 16.3. The molecule has 0 spiro atoms. The number of benzene rings is 2. The summed E-state index contributed by atoms with van der Waals surface area (Å²) in [7, 11) is 0. The summed E-state index contributed by atoms with van der Waals surface area (Å²) in [5.74, 6) is 0.933. The fraction of sp³-hybridized carbons (Fsp3) is 0.143. The first-order valence-corrected chi connectivity index (χ1v) is 6.08. The minimum atomic E-state index is 0.686. The average Bonchev–Trinajstić information content (AvgIpc) is 2.30. The molecule has 0 aliphatic rings. The standard InChI is InChI=1S/C14H13BrO/c1-2-16-14-9-4-3-8-13(14)11-6-5-7-12(15)10-11/h3-10H,2H2,1H3. The molecule has 82 valence electrons. The summed E-state index contributed by atoms with van der Waals surface area (Å²) >= 11 is 3.48. The number of hydrogen-bond donors (Lipinski definition) is 0. The Balaban J connectivity index is 2.46. The molecule has 0 aliphatic carbocycles. The molecule has 2 aromatic carbocycles. The van der Waals surface area contributed by atoms with Gasteiger partial charge in [-0.1, -0.05) is 46.3 Å². The van der Waals surface area contributed by atoms with Crippen molar-refractivity contribution < 1.29 is 4.74 Å². The Bertz CT molecular complexity index is 480. The van der Waals surface area contributed by atoms with Crippen molar-refractivity contribution in [1.82, 2.24) is 0 Å². The van der Waals surface area contributed by atoms with Crippen LogP contribution < -0.4 is 4.74 Å². The quantitative estimate of drug-likeness (QED) is 0.801. The monoisotopic (exact) mass is 276 g/mol. The Hall–Kier alpha value is -1.28. The molecule has 0 aromatic heterocycles. The molecular weight excluding hydrogens is 264 g/mol. The van der Waals surface area contributed by atoms with E-state index in [1.807, 2.05) is 37.3 Å². The molecule has 0 radical (unpaired) electrons. The van der Waals surface area contributed by atoms with Gasteiger partial charge in [0.1, 0.15) is 5.75 Å². The number of hydrogen-bond acceptors (Lipinski definition) is 1. The minimum absolute atomic E-state index is 0.686. The molecule has 2 heteroatoms. The lowest BCUT2D eigenvalue weighted by molar-refractivity contribution is 0.341. The maximum atomic E-state index is 5.62. The molecule has 0 saturated heterocycles. The predicted octanol–water partition coefficient (Wildman–Crippen LogP) is 4.51. The smallest absolute Gasteiger partial charge is 0.127 e. The summed E-state index contributed by atoms with van der Waals surface area (Å²) in [5.41, 5.74) is 2.30. The SMILES string of the molecule is CCOc1ccccc1-c1cccc(Br)c1. The van der Waals surface area contributed by atoms with Gasteiger partial charge in [-0.15, -0.1) is 0 Å². The zero-order valence-corrected chi connectivity index (χ0v) is 10.7. The predicted molar refractivity (Wildman–Crippen MR) is 70.7 cm³/mol. The highest BCUT2D eigenvalue weighted by molar-refractivity contribution is 9.10. The Labute approximate surface area is 104 Å². The lowest BCUT2D eigenvalue weighted by atomic mass is 10.1. The van der Waals surface area contributed by atoms with E-state index in [2.05, 4.69) is 34.1 Å². The van der Waals surface area contributed by atoms with Gasteiger partial charge in [0.25, 0.3) is 0 Å². The van der Waals surface area contributed by atoms with Crippen LogP contribution in [0.4, 0.5) is 0 Å². The van der Waals surface area contributed by atoms with Crippen LogP contribution in [0.5, 0.6) is 5.75 Å². The molecule has 0 atom stereocenters. The van der Waals surface area contributed by atoms with Crippen molar-refractivity contribution in [3.8, 4) is 16.9 Å². The first-order valence-electron chi connectivity index (χ1n) is 5.29. The molecule has 0 fully saturated rings. The first kappa shape index (κ1) is 11.2. The third-order valence-corrected chi connectivity index (χ3v) is 2.82. The van der Waals surface area contributed by atoms with Crippen LogP contribution in [-0.4, -0.2) is 6.61 Å². The lowest BCUT2D eigenvalue weighted by Gasteiger charge is -2.10. The Morgan fingerprint density at radius 2 is 1.88 bits per heavy atom. The number of halogens is 1. The third-order valence-electron chi connectivity index (χ3n) is 2.32. The van der Waals surface area contributed by atoms with Crippen LogP contribution in [0.1, 0.15) is 6.92 Å². The summed E-state index contributed by atoms with van der Waals surface area (Å²) in [6.45, 7) is 2.68. The molecule has 0 N–H and O–H groups in total. The lowest BCUT2D eigenvalue weighted by Crippen LogP contribution is -1.93. The van der Waals surface area contributed by atoms with Gasteiger partial charge in [-0.05, 0) is 30.7 Å². The number of para-hydroxylation sites is 1. The maximum absolute atomic E-state index is 5.62.